The molecular weight excluding hydrogens is 340 g/mol. The number of hydrogen-bond donors (Lipinski definition) is 2. The lowest BCUT2D eigenvalue weighted by molar-refractivity contribution is -0.223. The van der Waals surface area contributed by atoms with E-state index in [1.165, 1.54) is 5.57 Å². The Kier molecular flexibility index (Phi) is 3.93. The quantitative estimate of drug-likeness (QED) is 0.507. The van der Waals surface area contributed by atoms with Crippen molar-refractivity contribution in [2.24, 2.45) is 23.2 Å². The fourth-order valence-corrected chi connectivity index (χ4v) is 7.29. The molecule has 1 saturated heterocycles. The van der Waals surface area contributed by atoms with Crippen LogP contribution in [-0.4, -0.2) is 40.4 Å². The van der Waals surface area contributed by atoms with Crippen molar-refractivity contribution in [3.63, 3.8) is 0 Å². The minimum atomic E-state index is -0.893. The number of ether oxygens (including phenoxy) is 2. The van der Waals surface area contributed by atoms with Gasteiger partial charge in [-0.3, -0.25) is 0 Å². The number of allylic oxidation sites excluding steroid dienone is 1. The van der Waals surface area contributed by atoms with Gasteiger partial charge in [-0.15, -0.1) is 5.92 Å². The molecule has 0 aromatic rings. The Labute approximate surface area is 162 Å². The zero-order chi connectivity index (χ0) is 18.9. The van der Waals surface area contributed by atoms with Crippen LogP contribution in [0.4, 0.5) is 0 Å². The highest BCUT2D eigenvalue weighted by molar-refractivity contribution is 5.35. The van der Waals surface area contributed by atoms with Crippen LogP contribution < -0.4 is 0 Å². The molecule has 2 N–H and O–H groups in total. The molecule has 1 aliphatic heterocycles. The molecule has 3 unspecified atom stereocenters. The van der Waals surface area contributed by atoms with Crippen LogP contribution in [0.5, 0.6) is 0 Å². The van der Waals surface area contributed by atoms with Gasteiger partial charge in [-0.05, 0) is 68.8 Å². The summed E-state index contributed by atoms with van der Waals surface area (Å²) in [5, 5.41) is 23.1. The van der Waals surface area contributed by atoms with Gasteiger partial charge < -0.3 is 19.7 Å². The minimum Gasteiger partial charge on any atom is -0.385 e. The normalized spacial score (nSPS) is 50.2. The predicted molar refractivity (Wildman–Crippen MR) is 102 cm³/mol. The summed E-state index contributed by atoms with van der Waals surface area (Å²) in [5.74, 6) is 6.64. The highest BCUT2D eigenvalue weighted by atomic mass is 16.7. The largest absolute Gasteiger partial charge is 0.385 e. The van der Waals surface area contributed by atoms with Gasteiger partial charge >= 0.3 is 0 Å². The van der Waals surface area contributed by atoms with Crippen molar-refractivity contribution in [3.8, 4) is 11.8 Å². The summed E-state index contributed by atoms with van der Waals surface area (Å²) >= 11 is 0. The van der Waals surface area contributed by atoms with Crippen LogP contribution in [0.3, 0.4) is 0 Å². The van der Waals surface area contributed by atoms with Gasteiger partial charge in [0.15, 0.2) is 5.79 Å². The number of fused-ring (bicyclic) bond motifs is 5. The SMILES string of the molecule is CC#C[C@]1(O)CCC2C3CCC4CC5(CC[C@@]4(O)C3=CC[C@@]21C)OCCO5. The van der Waals surface area contributed by atoms with Crippen LogP contribution in [-0.2, 0) is 9.47 Å². The summed E-state index contributed by atoms with van der Waals surface area (Å²) < 4.78 is 11.9. The van der Waals surface area contributed by atoms with E-state index >= 15 is 0 Å². The van der Waals surface area contributed by atoms with E-state index in [4.69, 9.17) is 9.47 Å². The Hall–Kier alpha value is -0.860. The van der Waals surface area contributed by atoms with Gasteiger partial charge in [0.25, 0.3) is 0 Å². The smallest absolute Gasteiger partial charge is 0.169 e. The van der Waals surface area contributed by atoms with Crippen molar-refractivity contribution < 1.29 is 19.7 Å². The summed E-state index contributed by atoms with van der Waals surface area (Å²) in [6.45, 7) is 5.38. The zero-order valence-corrected chi connectivity index (χ0v) is 16.6. The molecule has 6 atom stereocenters. The third kappa shape index (κ3) is 2.32. The number of hydrogen-bond acceptors (Lipinski definition) is 4. The first-order chi connectivity index (χ1) is 12.9. The monoisotopic (exact) mass is 372 g/mol. The summed E-state index contributed by atoms with van der Waals surface area (Å²) in [6, 6.07) is 0. The highest BCUT2D eigenvalue weighted by Gasteiger charge is 2.64. The number of rotatable bonds is 0. The third-order valence-corrected chi connectivity index (χ3v) is 8.80. The molecule has 5 aliphatic rings. The van der Waals surface area contributed by atoms with Crippen LogP contribution in [0.15, 0.2) is 11.6 Å². The van der Waals surface area contributed by atoms with Gasteiger partial charge in [-0.2, -0.15) is 0 Å². The van der Waals surface area contributed by atoms with Crippen molar-refractivity contribution in [2.75, 3.05) is 13.2 Å². The first-order valence-corrected chi connectivity index (χ1v) is 10.7. The van der Waals surface area contributed by atoms with Crippen LogP contribution in [0.1, 0.15) is 65.2 Å². The van der Waals surface area contributed by atoms with E-state index in [-0.39, 0.29) is 11.3 Å². The molecule has 0 aromatic heterocycles. The molecule has 0 bridgehead atoms. The second-order valence-corrected chi connectivity index (χ2v) is 9.78. The van der Waals surface area contributed by atoms with E-state index in [0.29, 0.717) is 25.0 Å². The second kappa shape index (κ2) is 5.83. The van der Waals surface area contributed by atoms with Crippen molar-refractivity contribution in [1.82, 2.24) is 0 Å². The molecule has 148 valence electrons. The number of aliphatic hydroxyl groups is 2. The summed E-state index contributed by atoms with van der Waals surface area (Å²) in [4.78, 5) is 0. The molecule has 4 aliphatic carbocycles. The molecule has 4 heteroatoms. The topological polar surface area (TPSA) is 58.9 Å². The average Bonchev–Trinajstić information content (AvgIpc) is 3.19. The molecule has 5 rings (SSSR count). The highest BCUT2D eigenvalue weighted by Crippen LogP contribution is 2.64. The first kappa shape index (κ1) is 18.2. The van der Waals surface area contributed by atoms with Crippen molar-refractivity contribution in [3.05, 3.63) is 11.6 Å². The molecule has 27 heavy (non-hydrogen) atoms. The lowest BCUT2D eigenvalue weighted by Crippen LogP contribution is -2.58. The molecule has 0 radical (unpaired) electrons. The Balaban J connectivity index is 1.47. The van der Waals surface area contributed by atoms with Crippen LogP contribution in [0.2, 0.25) is 0 Å². The lowest BCUT2D eigenvalue weighted by atomic mass is 9.51. The van der Waals surface area contributed by atoms with Crippen molar-refractivity contribution >= 4 is 0 Å². The molecule has 1 spiro atoms. The van der Waals surface area contributed by atoms with Gasteiger partial charge in [0.2, 0.25) is 0 Å². The molecular formula is C23H32O4. The first-order valence-electron chi connectivity index (χ1n) is 10.7. The fraction of sp³-hybridized carbons (Fsp3) is 0.826. The van der Waals surface area contributed by atoms with Crippen molar-refractivity contribution in [1.29, 1.82) is 0 Å². The van der Waals surface area contributed by atoms with E-state index in [9.17, 15) is 10.2 Å². The van der Waals surface area contributed by atoms with E-state index in [0.717, 1.165) is 51.4 Å². The second-order valence-electron chi connectivity index (χ2n) is 9.78. The van der Waals surface area contributed by atoms with Crippen LogP contribution in [0.25, 0.3) is 0 Å². The Bertz CT molecular complexity index is 726. The maximum atomic E-state index is 11.8. The Morgan fingerprint density at radius 1 is 1.07 bits per heavy atom. The van der Waals surface area contributed by atoms with Gasteiger partial charge in [0.05, 0.1) is 18.8 Å². The van der Waals surface area contributed by atoms with Crippen LogP contribution >= 0.6 is 0 Å². The molecule has 3 saturated carbocycles. The van der Waals surface area contributed by atoms with Crippen LogP contribution in [0, 0.1) is 35.0 Å². The maximum absolute atomic E-state index is 11.8. The van der Waals surface area contributed by atoms with E-state index in [1.54, 1.807) is 0 Å². The Morgan fingerprint density at radius 2 is 1.85 bits per heavy atom. The maximum Gasteiger partial charge on any atom is 0.169 e. The van der Waals surface area contributed by atoms with E-state index in [2.05, 4.69) is 24.8 Å². The minimum absolute atomic E-state index is 0.207. The average molecular weight is 373 g/mol. The summed E-state index contributed by atoms with van der Waals surface area (Å²) in [5.41, 5.74) is -0.568. The lowest BCUT2D eigenvalue weighted by Gasteiger charge is -2.57. The van der Waals surface area contributed by atoms with E-state index < -0.39 is 17.0 Å². The standard InChI is InChI=1S/C23H32O4/c1-3-8-21(24)10-7-18-17-5-4-16-15-22(26-13-14-27-22)11-12-23(16,25)19(17)6-9-20(18,21)2/h6,16-18,24-25H,4-5,7,9-15H2,1-2H3/t16?,17?,18?,20-,21-,23-/m0/s1. The summed E-state index contributed by atoms with van der Waals surface area (Å²) in [6.07, 6.45) is 9.24. The van der Waals surface area contributed by atoms with Gasteiger partial charge in [-0.1, -0.05) is 18.9 Å². The molecule has 4 nitrogen and oxygen atoms in total. The van der Waals surface area contributed by atoms with Gasteiger partial charge in [0, 0.05) is 18.3 Å². The molecule has 0 aromatic carbocycles. The van der Waals surface area contributed by atoms with E-state index in [1.807, 2.05) is 6.92 Å². The molecule has 1 heterocycles. The van der Waals surface area contributed by atoms with Gasteiger partial charge in [0.1, 0.15) is 5.60 Å². The fourth-order valence-electron chi connectivity index (χ4n) is 7.29. The van der Waals surface area contributed by atoms with Gasteiger partial charge in [-0.25, -0.2) is 0 Å². The predicted octanol–water partition coefficient (Wildman–Crippen LogP) is 3.17. The third-order valence-electron chi connectivity index (χ3n) is 8.80. The summed E-state index contributed by atoms with van der Waals surface area (Å²) in [7, 11) is 0. The zero-order valence-electron chi connectivity index (χ0n) is 16.6. The van der Waals surface area contributed by atoms with Crippen molar-refractivity contribution in [2.45, 2.75) is 82.2 Å². The molecule has 4 fully saturated rings. The Morgan fingerprint density at radius 3 is 2.59 bits per heavy atom. The molecule has 0 amide bonds.